The Morgan fingerprint density at radius 2 is 2.40 bits per heavy atom. The van der Waals surface area contributed by atoms with Gasteiger partial charge >= 0.3 is 0 Å². The third kappa shape index (κ3) is 1.39. The largest absolute Gasteiger partial charge is 0.434 e. The van der Waals surface area contributed by atoms with Gasteiger partial charge in [-0.3, -0.25) is 4.98 Å². The first-order valence-corrected chi connectivity index (χ1v) is 5.29. The maximum atomic E-state index is 5.34. The molecule has 1 unspecified atom stereocenters. The van der Waals surface area contributed by atoms with Gasteiger partial charge in [0.05, 0.1) is 25.5 Å². The smallest absolute Gasteiger partial charge is 0.112 e. The summed E-state index contributed by atoms with van der Waals surface area (Å²) in [7, 11) is 4.08. The number of ether oxygens (including phenoxy) is 1. The first-order valence-electron chi connectivity index (χ1n) is 5.29. The molecule has 1 atom stereocenters. The van der Waals surface area contributed by atoms with Gasteiger partial charge in [-0.2, -0.15) is 0 Å². The summed E-state index contributed by atoms with van der Waals surface area (Å²) in [6, 6.07) is 2.07. The third-order valence-electron chi connectivity index (χ3n) is 3.12. The molecule has 0 fully saturated rings. The average Bonchev–Trinajstić information content (AvgIpc) is 2.88. The summed E-state index contributed by atoms with van der Waals surface area (Å²) in [6.07, 6.45) is 5.09. The van der Waals surface area contributed by atoms with Gasteiger partial charge in [0.2, 0.25) is 0 Å². The van der Waals surface area contributed by atoms with E-state index in [1.165, 1.54) is 21.7 Å². The highest BCUT2D eigenvalue weighted by Gasteiger charge is 2.23. The number of fused-ring (bicyclic) bond motifs is 1. The van der Waals surface area contributed by atoms with Gasteiger partial charge in [-0.05, 0) is 0 Å². The van der Waals surface area contributed by atoms with Gasteiger partial charge in [0.1, 0.15) is 5.69 Å². The number of aromatic nitrogens is 1. The highest BCUT2D eigenvalue weighted by molar-refractivity contribution is 5.70. The number of nitrogens with zero attached hydrogens (tertiary/aromatic N) is 1. The molecule has 0 aliphatic carbocycles. The summed E-state index contributed by atoms with van der Waals surface area (Å²) in [5, 5.41) is 0. The molecule has 2 aliphatic rings. The van der Waals surface area contributed by atoms with Crippen LogP contribution in [0.1, 0.15) is 11.3 Å². The molecule has 3 rings (SSSR count). The maximum absolute atomic E-state index is 5.34. The molecule has 0 bridgehead atoms. The monoisotopic (exact) mass is 202 g/mol. The van der Waals surface area contributed by atoms with Crippen molar-refractivity contribution >= 4 is 11.3 Å². The first-order chi connectivity index (χ1) is 7.36. The zero-order chi connectivity index (χ0) is 10.3. The molecule has 78 valence electrons. The molecule has 1 aromatic rings. The Kier molecular flexibility index (Phi) is 2.08. The number of hydrogen-bond donors (Lipinski definition) is 1. The van der Waals surface area contributed by atoms with Crippen molar-refractivity contribution in [3.8, 4) is 0 Å². The summed E-state index contributed by atoms with van der Waals surface area (Å²) in [6.45, 7) is 2.50. The van der Waals surface area contributed by atoms with Crippen molar-refractivity contribution in [1.82, 2.24) is 4.98 Å². The molecular formula is C12H14N2O. The molecule has 0 spiro atoms. The standard InChI is InChI=1S/C12H14N2O/c1-14-6-3-10-11(14)2-5-13-12(10)9-4-7-15-8-9/h2,4-5,14H,1,3,6-8H2. The minimum Gasteiger partial charge on any atom is -0.434 e. The lowest BCUT2D eigenvalue weighted by molar-refractivity contribution is -0.775. The summed E-state index contributed by atoms with van der Waals surface area (Å²) in [5.74, 6) is 0. The van der Waals surface area contributed by atoms with E-state index in [0.717, 1.165) is 25.3 Å². The summed E-state index contributed by atoms with van der Waals surface area (Å²) < 4.78 is 5.34. The predicted molar refractivity (Wildman–Crippen MR) is 57.6 cm³/mol. The molecule has 2 aliphatic heterocycles. The second kappa shape index (κ2) is 3.43. The van der Waals surface area contributed by atoms with Crippen LogP contribution in [-0.2, 0) is 11.2 Å². The van der Waals surface area contributed by atoms with E-state index in [2.05, 4.69) is 24.2 Å². The molecular weight excluding hydrogens is 188 g/mol. The molecule has 3 nitrogen and oxygen atoms in total. The molecule has 15 heavy (non-hydrogen) atoms. The zero-order valence-electron chi connectivity index (χ0n) is 8.62. The second-order valence-electron chi connectivity index (χ2n) is 4.03. The van der Waals surface area contributed by atoms with E-state index in [9.17, 15) is 0 Å². The Balaban J connectivity index is 2.09. The van der Waals surface area contributed by atoms with Crippen LogP contribution in [0.3, 0.4) is 0 Å². The Hall–Kier alpha value is -1.19. The van der Waals surface area contributed by atoms with Crippen LogP contribution in [0, 0.1) is 7.05 Å². The lowest BCUT2D eigenvalue weighted by Crippen LogP contribution is -3.00. The third-order valence-corrected chi connectivity index (χ3v) is 3.12. The quantitative estimate of drug-likeness (QED) is 0.666. The van der Waals surface area contributed by atoms with Crippen molar-refractivity contribution < 1.29 is 9.64 Å². The highest BCUT2D eigenvalue weighted by Crippen LogP contribution is 2.26. The minimum atomic E-state index is 0.704. The normalized spacial score (nSPS) is 24.1. The molecule has 0 radical (unpaired) electrons. The molecule has 0 aromatic carbocycles. The lowest BCUT2D eigenvalue weighted by atomic mass is 10.1. The Morgan fingerprint density at radius 3 is 3.20 bits per heavy atom. The van der Waals surface area contributed by atoms with Crippen LogP contribution in [0.5, 0.6) is 0 Å². The van der Waals surface area contributed by atoms with Crippen LogP contribution in [0.25, 0.3) is 5.57 Å². The molecule has 1 aromatic heterocycles. The second-order valence-corrected chi connectivity index (χ2v) is 4.03. The summed E-state index contributed by atoms with van der Waals surface area (Å²) >= 11 is 0. The van der Waals surface area contributed by atoms with Gasteiger partial charge in [0, 0.05) is 29.8 Å². The fraction of sp³-hybridized carbons (Fsp3) is 0.333. The average molecular weight is 202 g/mol. The van der Waals surface area contributed by atoms with E-state index < -0.39 is 0 Å². The van der Waals surface area contributed by atoms with Gasteiger partial charge in [0.15, 0.2) is 0 Å². The van der Waals surface area contributed by atoms with Crippen molar-refractivity contribution in [3.05, 3.63) is 36.6 Å². The van der Waals surface area contributed by atoms with Crippen LogP contribution >= 0.6 is 0 Å². The van der Waals surface area contributed by atoms with Crippen molar-refractivity contribution in [3.63, 3.8) is 0 Å². The molecule has 0 saturated carbocycles. The van der Waals surface area contributed by atoms with Crippen LogP contribution in [0.2, 0.25) is 0 Å². The number of nitrogens with one attached hydrogen (secondary N) is 1. The van der Waals surface area contributed by atoms with E-state index in [4.69, 9.17) is 4.74 Å². The van der Waals surface area contributed by atoms with Gasteiger partial charge in [0.25, 0.3) is 0 Å². The molecule has 3 heterocycles. The predicted octanol–water partition coefficient (Wildman–Crippen LogP) is 0.359. The van der Waals surface area contributed by atoms with Crippen molar-refractivity contribution in [2.45, 2.75) is 6.42 Å². The number of pyridine rings is 1. The van der Waals surface area contributed by atoms with E-state index >= 15 is 0 Å². The van der Waals surface area contributed by atoms with Crippen LogP contribution < -0.4 is 4.90 Å². The Bertz CT molecular complexity index is 426. The summed E-state index contributed by atoms with van der Waals surface area (Å²) in [5.41, 5.74) is 5.03. The topological polar surface area (TPSA) is 26.6 Å². The highest BCUT2D eigenvalue weighted by atomic mass is 16.5. The van der Waals surface area contributed by atoms with Crippen molar-refractivity contribution in [1.29, 1.82) is 0 Å². The fourth-order valence-electron chi connectivity index (χ4n) is 2.32. The Morgan fingerprint density at radius 1 is 1.47 bits per heavy atom. The molecule has 1 N–H and O–H groups in total. The zero-order valence-corrected chi connectivity index (χ0v) is 8.62. The van der Waals surface area contributed by atoms with Crippen molar-refractivity contribution in [2.75, 3.05) is 19.8 Å². The van der Waals surface area contributed by atoms with Crippen LogP contribution in [-0.4, -0.2) is 24.7 Å². The lowest BCUT2D eigenvalue weighted by Gasteiger charge is -2.13. The minimum absolute atomic E-state index is 0.704. The molecule has 0 amide bonds. The van der Waals surface area contributed by atoms with E-state index in [-0.39, 0.29) is 0 Å². The summed E-state index contributed by atoms with van der Waals surface area (Å²) in [4.78, 5) is 5.72. The number of quaternary nitrogens is 1. The SMILES string of the molecule is [CH2-][NH+]1CCc2c1ccnc2C1=CCOC1. The van der Waals surface area contributed by atoms with Gasteiger partial charge in [-0.25, -0.2) is 0 Å². The number of rotatable bonds is 1. The van der Waals surface area contributed by atoms with Gasteiger partial charge in [-0.15, -0.1) is 7.05 Å². The van der Waals surface area contributed by atoms with Gasteiger partial charge < -0.3 is 9.64 Å². The van der Waals surface area contributed by atoms with Gasteiger partial charge in [-0.1, -0.05) is 6.08 Å². The van der Waals surface area contributed by atoms with Crippen LogP contribution in [0.15, 0.2) is 18.3 Å². The Labute approximate surface area is 89.4 Å². The molecule has 0 saturated heterocycles. The van der Waals surface area contributed by atoms with E-state index in [1.54, 1.807) is 0 Å². The molecule has 3 heteroatoms. The fourth-order valence-corrected chi connectivity index (χ4v) is 2.32. The van der Waals surface area contributed by atoms with Crippen LogP contribution in [0.4, 0.5) is 5.69 Å². The van der Waals surface area contributed by atoms with E-state index in [0.29, 0.717) is 6.61 Å². The first kappa shape index (κ1) is 9.07. The van der Waals surface area contributed by atoms with Crippen molar-refractivity contribution in [2.24, 2.45) is 0 Å². The number of hydrogen-bond acceptors (Lipinski definition) is 2. The van der Waals surface area contributed by atoms with E-state index in [1.807, 2.05) is 6.20 Å². The maximum Gasteiger partial charge on any atom is 0.112 e.